The van der Waals surface area contributed by atoms with Gasteiger partial charge in [-0.05, 0) is 30.9 Å². The molecule has 3 heterocycles. The molecule has 3 atom stereocenters. The number of rotatable bonds is 3. The molecule has 1 aromatic carbocycles. The molecule has 5 nitrogen and oxygen atoms in total. The van der Waals surface area contributed by atoms with Gasteiger partial charge >= 0.3 is 0 Å². The summed E-state index contributed by atoms with van der Waals surface area (Å²) in [5.41, 5.74) is 2.45. The molecular weight excluding hydrogens is 268 g/mol. The molecule has 3 unspecified atom stereocenters. The van der Waals surface area contributed by atoms with Crippen LogP contribution in [0.1, 0.15) is 30.7 Å². The summed E-state index contributed by atoms with van der Waals surface area (Å²) in [6.07, 6.45) is 1.39. The number of nitrogens with one attached hydrogen (secondary N) is 1. The summed E-state index contributed by atoms with van der Waals surface area (Å²) in [5, 5.41) is 3.38. The number of benzene rings is 1. The molecule has 4 rings (SSSR count). The second kappa shape index (κ2) is 4.84. The number of fused-ring (bicyclic) bond motifs is 3. The summed E-state index contributed by atoms with van der Waals surface area (Å²) >= 11 is 0. The smallest absolute Gasteiger partial charge is 0.258 e. The monoisotopic (exact) mass is 286 g/mol. The Bertz CT molecular complexity index is 579. The van der Waals surface area contributed by atoms with Gasteiger partial charge in [0.1, 0.15) is 12.2 Å². The molecule has 21 heavy (non-hydrogen) atoms. The number of ether oxygens (including phenoxy) is 1. The number of likely N-dealkylation sites (tertiary alicyclic amines) is 1. The van der Waals surface area contributed by atoms with Crippen molar-refractivity contribution >= 4 is 17.5 Å². The highest BCUT2D eigenvalue weighted by Crippen LogP contribution is 2.34. The molecule has 5 heteroatoms. The highest BCUT2D eigenvalue weighted by Gasteiger charge is 2.46. The molecule has 2 saturated heterocycles. The van der Waals surface area contributed by atoms with Crippen LogP contribution in [0.2, 0.25) is 0 Å². The molecule has 1 aromatic rings. The molecule has 1 N–H and O–H groups in total. The van der Waals surface area contributed by atoms with E-state index in [9.17, 15) is 9.59 Å². The van der Waals surface area contributed by atoms with Crippen molar-refractivity contribution < 1.29 is 14.3 Å². The molecule has 0 saturated carbocycles. The van der Waals surface area contributed by atoms with Crippen LogP contribution < -0.4 is 5.32 Å². The highest BCUT2D eigenvalue weighted by molar-refractivity contribution is 6.02. The molecule has 3 aliphatic heterocycles. The van der Waals surface area contributed by atoms with E-state index in [1.54, 1.807) is 0 Å². The van der Waals surface area contributed by atoms with Gasteiger partial charge in [0.15, 0.2) is 0 Å². The average Bonchev–Trinajstić information content (AvgIpc) is 3.11. The first-order valence-electron chi connectivity index (χ1n) is 7.57. The SMILES string of the molecule is O=C1C2CCC(O2)C(=O)N1CCC1CNc2ccccc21. The highest BCUT2D eigenvalue weighted by atomic mass is 16.5. The van der Waals surface area contributed by atoms with Crippen LogP contribution in [0.4, 0.5) is 5.69 Å². The first kappa shape index (κ1) is 12.8. The van der Waals surface area contributed by atoms with Crippen molar-refractivity contribution in [1.29, 1.82) is 0 Å². The minimum Gasteiger partial charge on any atom is -0.384 e. The van der Waals surface area contributed by atoms with Crippen molar-refractivity contribution in [3.8, 4) is 0 Å². The maximum absolute atomic E-state index is 12.2. The van der Waals surface area contributed by atoms with Gasteiger partial charge in [0.2, 0.25) is 0 Å². The van der Waals surface area contributed by atoms with Gasteiger partial charge in [-0.1, -0.05) is 18.2 Å². The Morgan fingerprint density at radius 2 is 1.86 bits per heavy atom. The third-order valence-electron chi connectivity index (χ3n) is 4.74. The Morgan fingerprint density at radius 1 is 1.14 bits per heavy atom. The fourth-order valence-corrected chi connectivity index (χ4v) is 3.58. The lowest BCUT2D eigenvalue weighted by Gasteiger charge is -2.30. The number of hydrogen-bond donors (Lipinski definition) is 1. The molecule has 0 spiro atoms. The van der Waals surface area contributed by atoms with Gasteiger partial charge in [-0.2, -0.15) is 0 Å². The number of hydrogen-bond acceptors (Lipinski definition) is 4. The lowest BCUT2D eigenvalue weighted by molar-refractivity contribution is -0.168. The summed E-state index contributed by atoms with van der Waals surface area (Å²) in [4.78, 5) is 25.8. The lowest BCUT2D eigenvalue weighted by Crippen LogP contribution is -2.52. The Kier molecular flexibility index (Phi) is 2.96. The molecular formula is C16H18N2O3. The van der Waals surface area contributed by atoms with Crippen LogP contribution in [0.5, 0.6) is 0 Å². The molecule has 0 radical (unpaired) electrons. The van der Waals surface area contributed by atoms with Gasteiger partial charge in [-0.3, -0.25) is 14.5 Å². The van der Waals surface area contributed by atoms with Crippen molar-refractivity contribution in [1.82, 2.24) is 4.90 Å². The average molecular weight is 286 g/mol. The number of nitrogens with zero attached hydrogens (tertiary/aromatic N) is 1. The van der Waals surface area contributed by atoms with E-state index in [0.717, 1.165) is 13.0 Å². The zero-order valence-electron chi connectivity index (χ0n) is 11.7. The number of imide groups is 1. The molecule has 2 fully saturated rings. The molecule has 0 aromatic heterocycles. The third-order valence-corrected chi connectivity index (χ3v) is 4.74. The van der Waals surface area contributed by atoms with E-state index in [1.165, 1.54) is 16.2 Å². The summed E-state index contributed by atoms with van der Waals surface area (Å²) < 4.78 is 5.43. The van der Waals surface area contributed by atoms with Crippen LogP contribution in [0.25, 0.3) is 0 Å². The summed E-state index contributed by atoms with van der Waals surface area (Å²) in [6.45, 7) is 1.37. The van der Waals surface area contributed by atoms with E-state index in [-0.39, 0.29) is 24.0 Å². The number of morpholine rings is 1. The normalized spacial score (nSPS) is 30.5. The van der Waals surface area contributed by atoms with Crippen molar-refractivity contribution in [3.05, 3.63) is 29.8 Å². The number of para-hydroxylation sites is 1. The van der Waals surface area contributed by atoms with E-state index in [0.29, 0.717) is 25.3 Å². The Morgan fingerprint density at radius 3 is 2.62 bits per heavy atom. The van der Waals surface area contributed by atoms with Crippen LogP contribution >= 0.6 is 0 Å². The second-order valence-electron chi connectivity index (χ2n) is 5.97. The predicted molar refractivity (Wildman–Crippen MR) is 76.9 cm³/mol. The standard InChI is InChI=1S/C16H18N2O3/c19-15-13-5-6-14(21-13)16(20)18(15)8-7-10-9-17-12-4-2-1-3-11(10)12/h1-4,10,13-14,17H,5-9H2. The van der Waals surface area contributed by atoms with E-state index in [1.807, 2.05) is 12.1 Å². The molecule has 2 amide bonds. The fourth-order valence-electron chi connectivity index (χ4n) is 3.58. The summed E-state index contributed by atoms with van der Waals surface area (Å²) in [5.74, 6) is 0.0725. The van der Waals surface area contributed by atoms with E-state index >= 15 is 0 Å². The van der Waals surface area contributed by atoms with Gasteiger partial charge in [-0.15, -0.1) is 0 Å². The van der Waals surface area contributed by atoms with Gasteiger partial charge in [0.25, 0.3) is 11.8 Å². The van der Waals surface area contributed by atoms with E-state index in [4.69, 9.17) is 4.74 Å². The zero-order valence-corrected chi connectivity index (χ0v) is 11.7. The van der Waals surface area contributed by atoms with Crippen LogP contribution in [0, 0.1) is 0 Å². The first-order valence-corrected chi connectivity index (χ1v) is 7.57. The third kappa shape index (κ3) is 2.03. The molecule has 0 aliphatic carbocycles. The zero-order chi connectivity index (χ0) is 14.4. The summed E-state index contributed by atoms with van der Waals surface area (Å²) in [7, 11) is 0. The first-order chi connectivity index (χ1) is 10.2. The van der Waals surface area contributed by atoms with Crippen molar-refractivity contribution in [3.63, 3.8) is 0 Å². The van der Waals surface area contributed by atoms with Crippen LogP contribution in [0.3, 0.4) is 0 Å². The Hall–Kier alpha value is -1.88. The van der Waals surface area contributed by atoms with Crippen LogP contribution in [-0.4, -0.2) is 42.0 Å². The quantitative estimate of drug-likeness (QED) is 0.856. The maximum atomic E-state index is 12.2. The minimum absolute atomic E-state index is 0.145. The largest absolute Gasteiger partial charge is 0.384 e. The summed E-state index contributed by atoms with van der Waals surface area (Å²) in [6, 6.07) is 8.23. The molecule has 3 aliphatic rings. The fraction of sp³-hybridized carbons (Fsp3) is 0.500. The minimum atomic E-state index is -0.387. The maximum Gasteiger partial charge on any atom is 0.258 e. The number of amides is 2. The molecule has 110 valence electrons. The van der Waals surface area contributed by atoms with Crippen molar-refractivity contribution in [2.45, 2.75) is 37.4 Å². The van der Waals surface area contributed by atoms with Crippen LogP contribution in [-0.2, 0) is 14.3 Å². The van der Waals surface area contributed by atoms with Gasteiger partial charge in [0.05, 0.1) is 0 Å². The van der Waals surface area contributed by atoms with Gasteiger partial charge in [0, 0.05) is 24.7 Å². The van der Waals surface area contributed by atoms with Gasteiger partial charge < -0.3 is 10.1 Å². The number of anilines is 1. The van der Waals surface area contributed by atoms with Crippen molar-refractivity contribution in [2.24, 2.45) is 0 Å². The second-order valence-corrected chi connectivity index (χ2v) is 5.97. The van der Waals surface area contributed by atoms with E-state index in [2.05, 4.69) is 17.4 Å². The molecule has 2 bridgehead atoms. The number of carbonyl (C=O) groups is 2. The topological polar surface area (TPSA) is 58.6 Å². The Balaban J connectivity index is 1.46. The lowest BCUT2D eigenvalue weighted by atomic mass is 9.97. The predicted octanol–water partition coefficient (Wildman–Crippen LogP) is 1.50. The van der Waals surface area contributed by atoms with Crippen LogP contribution in [0.15, 0.2) is 24.3 Å². The Labute approximate surface area is 123 Å². The van der Waals surface area contributed by atoms with Crippen molar-refractivity contribution in [2.75, 3.05) is 18.4 Å². The number of carbonyl (C=O) groups excluding carboxylic acids is 2. The van der Waals surface area contributed by atoms with E-state index < -0.39 is 0 Å². The van der Waals surface area contributed by atoms with Gasteiger partial charge in [-0.25, -0.2) is 0 Å².